The first-order chi connectivity index (χ1) is 22.6. The Bertz CT molecular complexity index is 1540. The van der Waals surface area contributed by atoms with Crippen molar-refractivity contribution in [1.29, 1.82) is 0 Å². The quantitative estimate of drug-likeness (QED) is 0.242. The van der Waals surface area contributed by atoms with Crippen molar-refractivity contribution in [2.24, 2.45) is 17.6 Å². The maximum absolute atomic E-state index is 13.8. The minimum atomic E-state index is -3.91. The molecule has 12 heteroatoms. The topological polar surface area (TPSA) is 139 Å². The molecular formula is C35H45N3O8S. The van der Waals surface area contributed by atoms with Gasteiger partial charge in [-0.2, -0.15) is 4.31 Å². The highest BCUT2D eigenvalue weighted by Gasteiger charge is 2.44. The molecule has 0 radical (unpaired) electrons. The van der Waals surface area contributed by atoms with E-state index >= 15 is 0 Å². The smallest absolute Gasteiger partial charge is 0.407 e. The summed E-state index contributed by atoms with van der Waals surface area (Å²) in [6, 6.07) is 22.3. The normalized spacial score (nSPS) is 20.5. The summed E-state index contributed by atoms with van der Waals surface area (Å²) in [5.74, 6) is 1.26. The molecular weight excluding hydrogens is 622 g/mol. The van der Waals surface area contributed by atoms with Crippen LogP contribution in [0.15, 0.2) is 83.8 Å². The lowest BCUT2D eigenvalue weighted by atomic mass is 9.99. The predicted octanol–water partition coefficient (Wildman–Crippen LogP) is 4.35. The van der Waals surface area contributed by atoms with Crippen molar-refractivity contribution in [3.8, 4) is 11.5 Å². The molecule has 11 nitrogen and oxygen atoms in total. The number of methoxy groups -OCH3 is 1. The van der Waals surface area contributed by atoms with Gasteiger partial charge in [-0.1, -0.05) is 56.3 Å². The number of nitrogens with two attached hydrogens (primary N) is 1. The predicted molar refractivity (Wildman–Crippen MR) is 176 cm³/mol. The maximum atomic E-state index is 13.8. The summed E-state index contributed by atoms with van der Waals surface area (Å²) in [7, 11) is -2.38. The van der Waals surface area contributed by atoms with Gasteiger partial charge in [-0.05, 0) is 66.3 Å². The third-order valence-corrected chi connectivity index (χ3v) is 10.2. The van der Waals surface area contributed by atoms with Crippen LogP contribution in [0, 0.1) is 11.8 Å². The van der Waals surface area contributed by atoms with Crippen LogP contribution in [0.25, 0.3) is 0 Å². The zero-order valence-electron chi connectivity index (χ0n) is 27.1. The van der Waals surface area contributed by atoms with Gasteiger partial charge in [0.1, 0.15) is 24.2 Å². The van der Waals surface area contributed by atoms with E-state index in [1.165, 1.54) is 23.5 Å². The maximum Gasteiger partial charge on any atom is 0.407 e. The summed E-state index contributed by atoms with van der Waals surface area (Å²) in [5.41, 5.74) is 8.73. The van der Waals surface area contributed by atoms with Crippen LogP contribution in [-0.4, -0.2) is 76.7 Å². The molecule has 5 atom stereocenters. The highest BCUT2D eigenvalue weighted by molar-refractivity contribution is 7.89. The van der Waals surface area contributed by atoms with Crippen LogP contribution in [0.3, 0.4) is 0 Å². The van der Waals surface area contributed by atoms with Gasteiger partial charge >= 0.3 is 6.09 Å². The van der Waals surface area contributed by atoms with Crippen molar-refractivity contribution in [1.82, 2.24) is 9.62 Å². The number of ether oxygens (including phenoxy) is 5. The Morgan fingerprint density at radius 1 is 0.957 bits per heavy atom. The summed E-state index contributed by atoms with van der Waals surface area (Å²) in [6.45, 7) is 5.36. The number of benzene rings is 3. The van der Waals surface area contributed by atoms with Crippen LogP contribution < -0.4 is 20.5 Å². The molecule has 0 aromatic heterocycles. The Kier molecular flexibility index (Phi) is 11.8. The fourth-order valence-corrected chi connectivity index (χ4v) is 7.47. The van der Waals surface area contributed by atoms with Crippen LogP contribution >= 0.6 is 0 Å². The SMILES string of the molecule is COc1ccc(S(=O)(=O)N(CC(C)C)C[C@H](N)[C@H](Cc2ccc(OCc3ccccc3)cc2)NC(=O)O[C@H]2CO[C@H]3OCC[C@H]32)cc1. The minimum Gasteiger partial charge on any atom is -0.497 e. The van der Waals surface area contributed by atoms with E-state index in [1.54, 1.807) is 12.1 Å². The van der Waals surface area contributed by atoms with Crippen LogP contribution in [-0.2, 0) is 37.3 Å². The molecule has 1 amide bonds. The first kappa shape index (κ1) is 34.6. The molecule has 5 rings (SSSR count). The summed E-state index contributed by atoms with van der Waals surface area (Å²) in [6.07, 6.45) is -0.348. The van der Waals surface area contributed by atoms with Crippen LogP contribution in [0.4, 0.5) is 4.79 Å². The van der Waals surface area contributed by atoms with E-state index in [4.69, 9.17) is 29.4 Å². The van der Waals surface area contributed by atoms with Gasteiger partial charge in [0.25, 0.3) is 0 Å². The number of fused-ring (bicyclic) bond motifs is 1. The number of nitrogens with one attached hydrogen (secondary N) is 1. The van der Waals surface area contributed by atoms with Crippen LogP contribution in [0.1, 0.15) is 31.4 Å². The van der Waals surface area contributed by atoms with Crippen LogP contribution in [0.5, 0.6) is 11.5 Å². The van der Waals surface area contributed by atoms with Gasteiger partial charge in [0.15, 0.2) is 6.29 Å². The van der Waals surface area contributed by atoms with Crippen molar-refractivity contribution >= 4 is 16.1 Å². The Hall–Kier alpha value is -3.68. The van der Waals surface area contributed by atoms with E-state index in [2.05, 4.69) is 5.32 Å². The second kappa shape index (κ2) is 15.9. The zero-order valence-corrected chi connectivity index (χ0v) is 27.9. The third kappa shape index (κ3) is 9.23. The van der Waals surface area contributed by atoms with Gasteiger partial charge in [0.2, 0.25) is 10.0 Å². The summed E-state index contributed by atoms with van der Waals surface area (Å²) in [5, 5.41) is 2.95. The molecule has 2 aliphatic rings. The van der Waals surface area contributed by atoms with E-state index in [0.29, 0.717) is 31.1 Å². The Morgan fingerprint density at radius 3 is 2.34 bits per heavy atom. The van der Waals surface area contributed by atoms with E-state index in [9.17, 15) is 13.2 Å². The minimum absolute atomic E-state index is 0.0209. The van der Waals surface area contributed by atoms with Gasteiger partial charge in [-0.3, -0.25) is 0 Å². The zero-order chi connectivity index (χ0) is 33.4. The van der Waals surface area contributed by atoms with Gasteiger partial charge in [-0.15, -0.1) is 0 Å². The summed E-state index contributed by atoms with van der Waals surface area (Å²) < 4.78 is 57.2. The monoisotopic (exact) mass is 667 g/mol. The van der Waals surface area contributed by atoms with Crippen molar-refractivity contribution in [3.63, 3.8) is 0 Å². The first-order valence-corrected chi connectivity index (χ1v) is 17.4. The highest BCUT2D eigenvalue weighted by atomic mass is 32.2. The molecule has 3 aromatic carbocycles. The van der Waals surface area contributed by atoms with E-state index < -0.39 is 34.3 Å². The average Bonchev–Trinajstić information content (AvgIpc) is 3.69. The number of alkyl carbamates (subject to hydrolysis) is 1. The number of amides is 1. The molecule has 254 valence electrons. The molecule has 0 bridgehead atoms. The molecule has 2 aliphatic heterocycles. The lowest BCUT2D eigenvalue weighted by Crippen LogP contribution is -2.55. The molecule has 47 heavy (non-hydrogen) atoms. The largest absolute Gasteiger partial charge is 0.497 e. The molecule has 2 heterocycles. The van der Waals surface area contributed by atoms with Crippen molar-refractivity contribution in [2.45, 2.75) is 62.7 Å². The van der Waals surface area contributed by atoms with Crippen molar-refractivity contribution in [3.05, 3.63) is 90.0 Å². The molecule has 3 N–H and O–H groups in total. The summed E-state index contributed by atoms with van der Waals surface area (Å²) >= 11 is 0. The average molecular weight is 668 g/mol. The Morgan fingerprint density at radius 2 is 1.66 bits per heavy atom. The lowest BCUT2D eigenvalue weighted by Gasteiger charge is -2.31. The molecule has 0 aliphatic carbocycles. The highest BCUT2D eigenvalue weighted by Crippen LogP contribution is 2.33. The number of hydrogen-bond donors (Lipinski definition) is 2. The molecule has 0 spiro atoms. The second-order valence-corrected chi connectivity index (χ2v) is 14.3. The van der Waals surface area contributed by atoms with Crippen molar-refractivity contribution < 1.29 is 36.9 Å². The molecule has 0 unspecified atom stereocenters. The Balaban J connectivity index is 1.31. The van der Waals surface area contributed by atoms with Crippen LogP contribution in [0.2, 0.25) is 0 Å². The number of hydrogen-bond acceptors (Lipinski definition) is 9. The van der Waals surface area contributed by atoms with Gasteiger partial charge in [-0.25, -0.2) is 13.2 Å². The third-order valence-electron chi connectivity index (χ3n) is 8.37. The summed E-state index contributed by atoms with van der Waals surface area (Å²) in [4.78, 5) is 13.4. The Labute approximate surface area is 277 Å². The molecule has 2 saturated heterocycles. The van der Waals surface area contributed by atoms with E-state index in [0.717, 1.165) is 17.5 Å². The van der Waals surface area contributed by atoms with Gasteiger partial charge in [0.05, 0.1) is 37.2 Å². The molecule has 0 saturated carbocycles. The fourth-order valence-electron chi connectivity index (χ4n) is 5.83. The first-order valence-electron chi connectivity index (χ1n) is 16.0. The molecule has 2 fully saturated rings. The lowest BCUT2D eigenvalue weighted by molar-refractivity contribution is -0.0907. The number of nitrogens with zero attached hydrogens (tertiary/aromatic N) is 1. The molecule has 3 aromatic rings. The second-order valence-electron chi connectivity index (χ2n) is 12.4. The van der Waals surface area contributed by atoms with Crippen molar-refractivity contribution in [2.75, 3.05) is 33.4 Å². The van der Waals surface area contributed by atoms with E-state index in [-0.39, 0.29) is 42.7 Å². The number of rotatable bonds is 15. The fraction of sp³-hybridized carbons (Fsp3) is 0.457. The number of sulfonamides is 1. The van der Waals surface area contributed by atoms with Gasteiger partial charge < -0.3 is 34.7 Å². The standard InChI is InChI=1S/C35H45N3O8S/c1-24(2)20-38(47(40,41)29-15-13-27(42-3)14-16-29)21-31(36)32(37-35(39)46-33-23-45-34-30(33)17-18-43-34)19-25-9-11-28(12-10-25)44-22-26-7-5-4-6-8-26/h4-16,24,30-34H,17-23,36H2,1-3H3,(H,37,39)/t30-,31-,32-,33-,34+/m0/s1. The van der Waals surface area contributed by atoms with Gasteiger partial charge in [0, 0.05) is 19.1 Å². The van der Waals surface area contributed by atoms with E-state index in [1.807, 2.05) is 68.4 Å². The number of carbonyl (C=O) groups excluding carboxylic acids is 1. The number of carbonyl (C=O) groups is 1.